The molecule has 4 rings (SSSR count). The normalized spacial score (nSPS) is 13.8. The second kappa shape index (κ2) is 8.40. The number of benzene rings is 1. The number of nitrogens with zero attached hydrogens (tertiary/aromatic N) is 2. The van der Waals surface area contributed by atoms with Crippen molar-refractivity contribution in [3.05, 3.63) is 56.6 Å². The van der Waals surface area contributed by atoms with Gasteiger partial charge >= 0.3 is 0 Å². The number of anilines is 1. The molecule has 0 bridgehead atoms. The number of nitriles is 1. The Morgan fingerprint density at radius 3 is 2.76 bits per heavy atom. The van der Waals surface area contributed by atoms with Gasteiger partial charge in [0.05, 0.1) is 10.6 Å². The third-order valence-electron chi connectivity index (χ3n) is 5.23. The summed E-state index contributed by atoms with van der Waals surface area (Å²) in [6, 6.07) is 9.51. The molecule has 0 saturated carbocycles. The van der Waals surface area contributed by atoms with Crippen molar-refractivity contribution in [1.29, 1.82) is 5.26 Å². The van der Waals surface area contributed by atoms with E-state index in [-0.39, 0.29) is 5.91 Å². The van der Waals surface area contributed by atoms with E-state index in [1.807, 2.05) is 12.1 Å². The van der Waals surface area contributed by atoms with Gasteiger partial charge in [-0.15, -0.1) is 11.3 Å². The number of thiophene rings is 1. The van der Waals surface area contributed by atoms with Gasteiger partial charge in [-0.25, -0.2) is 0 Å². The van der Waals surface area contributed by atoms with E-state index >= 15 is 0 Å². The van der Waals surface area contributed by atoms with Crippen molar-refractivity contribution in [2.75, 3.05) is 5.32 Å². The average Bonchev–Trinajstić information content (AvgIpc) is 3.22. The van der Waals surface area contributed by atoms with Crippen molar-refractivity contribution in [1.82, 2.24) is 5.16 Å². The summed E-state index contributed by atoms with van der Waals surface area (Å²) in [5.41, 5.74) is 3.06. The lowest BCUT2D eigenvalue weighted by molar-refractivity contribution is 0.102. The molecule has 0 fully saturated rings. The zero-order valence-corrected chi connectivity index (χ0v) is 17.6. The van der Waals surface area contributed by atoms with Crippen LogP contribution in [0, 0.1) is 18.3 Å². The third kappa shape index (κ3) is 3.81. The van der Waals surface area contributed by atoms with E-state index in [9.17, 15) is 10.1 Å². The Kier molecular flexibility index (Phi) is 5.70. The largest absolute Gasteiger partial charge is 0.360 e. The number of carbonyl (C=O) groups excluding carboxylic acids is 1. The molecular formula is C22H20ClN3O2S. The standard InChI is InChI=1S/C22H20ClN3O2S/c1-13-19(20(26-28-13)15-9-6-7-10-17(15)23)21(27)25-22-16(12-24)14-8-4-2-3-5-11-18(14)29-22/h6-7,9-10H,2-5,8,11H2,1H3,(H,25,27). The maximum absolute atomic E-state index is 13.2. The minimum Gasteiger partial charge on any atom is -0.360 e. The molecular weight excluding hydrogens is 406 g/mol. The summed E-state index contributed by atoms with van der Waals surface area (Å²) < 4.78 is 5.30. The summed E-state index contributed by atoms with van der Waals surface area (Å²) in [6.45, 7) is 1.70. The molecule has 5 nitrogen and oxygen atoms in total. The Bertz CT molecular complexity index is 1110. The van der Waals surface area contributed by atoms with Gasteiger partial charge in [0.2, 0.25) is 0 Å². The molecule has 0 atom stereocenters. The second-order valence-electron chi connectivity index (χ2n) is 7.13. The van der Waals surface area contributed by atoms with Gasteiger partial charge in [0.25, 0.3) is 5.91 Å². The first-order chi connectivity index (χ1) is 14.1. The van der Waals surface area contributed by atoms with E-state index in [0.717, 1.165) is 31.2 Å². The van der Waals surface area contributed by atoms with E-state index in [1.54, 1.807) is 19.1 Å². The highest BCUT2D eigenvalue weighted by molar-refractivity contribution is 7.16. The Balaban J connectivity index is 1.70. The molecule has 2 heterocycles. The van der Waals surface area contributed by atoms with E-state index in [2.05, 4.69) is 16.5 Å². The van der Waals surface area contributed by atoms with Gasteiger partial charge < -0.3 is 9.84 Å². The van der Waals surface area contributed by atoms with E-state index < -0.39 is 0 Å². The number of amides is 1. The smallest absolute Gasteiger partial charge is 0.262 e. The van der Waals surface area contributed by atoms with Crippen molar-refractivity contribution < 1.29 is 9.32 Å². The van der Waals surface area contributed by atoms with Crippen LogP contribution in [0.3, 0.4) is 0 Å². The van der Waals surface area contributed by atoms with E-state index in [1.165, 1.54) is 29.1 Å². The van der Waals surface area contributed by atoms with Crippen LogP contribution in [-0.4, -0.2) is 11.1 Å². The molecule has 0 radical (unpaired) electrons. The maximum Gasteiger partial charge on any atom is 0.262 e. The summed E-state index contributed by atoms with van der Waals surface area (Å²) in [7, 11) is 0. The predicted molar refractivity (Wildman–Crippen MR) is 115 cm³/mol. The quantitative estimate of drug-likeness (QED) is 0.545. The van der Waals surface area contributed by atoms with E-state index in [4.69, 9.17) is 16.1 Å². The summed E-state index contributed by atoms with van der Waals surface area (Å²) in [6.07, 6.45) is 6.44. The van der Waals surface area contributed by atoms with Crippen LogP contribution in [0.4, 0.5) is 5.00 Å². The average molecular weight is 426 g/mol. The molecule has 0 aliphatic heterocycles. The van der Waals surface area contributed by atoms with Crippen LogP contribution in [0.2, 0.25) is 5.02 Å². The first-order valence-corrected chi connectivity index (χ1v) is 10.9. The van der Waals surface area contributed by atoms with Gasteiger partial charge in [-0.05, 0) is 44.2 Å². The minimum absolute atomic E-state index is 0.336. The first kappa shape index (κ1) is 19.7. The Morgan fingerprint density at radius 2 is 2.00 bits per heavy atom. The van der Waals surface area contributed by atoms with Crippen LogP contribution in [0.15, 0.2) is 28.8 Å². The number of aryl methyl sites for hydroxylation is 2. The van der Waals surface area contributed by atoms with Crippen LogP contribution in [0.1, 0.15) is 57.8 Å². The summed E-state index contributed by atoms with van der Waals surface area (Å²) >= 11 is 7.81. The molecule has 7 heteroatoms. The van der Waals surface area contributed by atoms with Crippen molar-refractivity contribution in [2.45, 2.75) is 45.4 Å². The summed E-state index contributed by atoms with van der Waals surface area (Å²) in [4.78, 5) is 14.4. The molecule has 3 aromatic rings. The molecule has 29 heavy (non-hydrogen) atoms. The summed E-state index contributed by atoms with van der Waals surface area (Å²) in [5.74, 6) is 0.0650. The Hall–Kier alpha value is -2.62. The lowest BCUT2D eigenvalue weighted by Crippen LogP contribution is -2.13. The molecule has 1 aromatic carbocycles. The van der Waals surface area contributed by atoms with Crippen LogP contribution in [-0.2, 0) is 12.8 Å². The maximum atomic E-state index is 13.2. The summed E-state index contributed by atoms with van der Waals surface area (Å²) in [5, 5.41) is 17.9. The van der Waals surface area contributed by atoms with Crippen molar-refractivity contribution in [3.63, 3.8) is 0 Å². The number of nitrogens with one attached hydrogen (secondary N) is 1. The van der Waals surface area contributed by atoms with Gasteiger partial charge in [0.15, 0.2) is 0 Å². The topological polar surface area (TPSA) is 78.9 Å². The minimum atomic E-state index is -0.343. The molecule has 2 aromatic heterocycles. The zero-order chi connectivity index (χ0) is 20.4. The van der Waals surface area contributed by atoms with Gasteiger partial charge in [0.1, 0.15) is 28.1 Å². The van der Waals surface area contributed by atoms with Gasteiger partial charge in [-0.3, -0.25) is 4.79 Å². The number of hydrogen-bond acceptors (Lipinski definition) is 5. The number of hydrogen-bond donors (Lipinski definition) is 1. The van der Waals surface area contributed by atoms with Crippen molar-refractivity contribution >= 4 is 33.8 Å². The number of rotatable bonds is 3. The number of carbonyl (C=O) groups is 1. The van der Waals surface area contributed by atoms with Crippen molar-refractivity contribution in [2.24, 2.45) is 0 Å². The van der Waals surface area contributed by atoms with E-state index in [0.29, 0.717) is 38.2 Å². The highest BCUT2D eigenvalue weighted by Gasteiger charge is 2.26. The number of aromatic nitrogens is 1. The third-order valence-corrected chi connectivity index (χ3v) is 6.77. The lowest BCUT2D eigenvalue weighted by Gasteiger charge is -2.08. The monoisotopic (exact) mass is 425 g/mol. The van der Waals surface area contributed by atoms with Gasteiger partial charge in [-0.2, -0.15) is 5.26 Å². The Labute approximate surface area is 178 Å². The van der Waals surface area contributed by atoms with Crippen LogP contribution >= 0.6 is 22.9 Å². The fraction of sp³-hybridized carbons (Fsp3) is 0.318. The first-order valence-electron chi connectivity index (χ1n) is 9.67. The second-order valence-corrected chi connectivity index (χ2v) is 8.64. The highest BCUT2D eigenvalue weighted by Crippen LogP contribution is 2.38. The molecule has 1 aliphatic carbocycles. The van der Waals surface area contributed by atoms with Crippen LogP contribution < -0.4 is 5.32 Å². The zero-order valence-electron chi connectivity index (χ0n) is 16.0. The molecule has 1 amide bonds. The molecule has 0 saturated heterocycles. The fourth-order valence-corrected chi connectivity index (χ4v) is 5.23. The predicted octanol–water partition coefficient (Wildman–Crippen LogP) is 6.15. The fourth-order valence-electron chi connectivity index (χ4n) is 3.77. The molecule has 1 N–H and O–H groups in total. The molecule has 148 valence electrons. The van der Waals surface area contributed by atoms with Crippen molar-refractivity contribution in [3.8, 4) is 17.3 Å². The molecule has 0 spiro atoms. The highest BCUT2D eigenvalue weighted by atomic mass is 35.5. The molecule has 0 unspecified atom stereocenters. The van der Waals surface area contributed by atoms with Crippen LogP contribution in [0.25, 0.3) is 11.3 Å². The lowest BCUT2D eigenvalue weighted by atomic mass is 9.97. The van der Waals surface area contributed by atoms with Gasteiger partial charge in [-0.1, -0.05) is 47.8 Å². The van der Waals surface area contributed by atoms with Crippen LogP contribution in [0.5, 0.6) is 0 Å². The molecule has 1 aliphatic rings. The Morgan fingerprint density at radius 1 is 1.24 bits per heavy atom. The van der Waals surface area contributed by atoms with Gasteiger partial charge in [0, 0.05) is 10.4 Å². The number of fused-ring (bicyclic) bond motifs is 1. The number of halogens is 1. The SMILES string of the molecule is Cc1onc(-c2ccccc2Cl)c1C(=O)Nc1sc2c(c1C#N)CCCCCC2.